The number of ether oxygens (including phenoxy) is 2. The normalized spacial score (nSPS) is 23.8. The Morgan fingerprint density at radius 3 is 2.88 bits per heavy atom. The van der Waals surface area contributed by atoms with Gasteiger partial charge in [-0.3, -0.25) is 0 Å². The molecule has 0 saturated heterocycles. The molecule has 1 aromatic carbocycles. The Hall–Kier alpha value is -0.930. The van der Waals surface area contributed by atoms with Crippen molar-refractivity contribution in [3.8, 4) is 11.5 Å². The van der Waals surface area contributed by atoms with Gasteiger partial charge in [-0.15, -0.1) is 0 Å². The Bertz CT molecular complexity index is 459. The summed E-state index contributed by atoms with van der Waals surface area (Å²) in [6.45, 7) is 5.64. The van der Waals surface area contributed by atoms with Crippen molar-refractivity contribution < 1.29 is 9.47 Å². The molecule has 1 N–H and O–H groups in total. The summed E-state index contributed by atoms with van der Waals surface area (Å²) >= 11 is 6.13. The monoisotopic (exact) mass is 253 g/mol. The van der Waals surface area contributed by atoms with Gasteiger partial charge in [-0.25, -0.2) is 0 Å². The fourth-order valence-electron chi connectivity index (χ4n) is 2.18. The second kappa shape index (κ2) is 3.79. The molecule has 0 aromatic heterocycles. The molecule has 0 bridgehead atoms. The van der Waals surface area contributed by atoms with Crippen LogP contribution in [0.5, 0.6) is 11.5 Å². The van der Waals surface area contributed by atoms with Crippen LogP contribution < -0.4 is 14.8 Å². The molecule has 1 fully saturated rings. The van der Waals surface area contributed by atoms with Gasteiger partial charge in [0.1, 0.15) is 0 Å². The molecule has 1 heterocycles. The van der Waals surface area contributed by atoms with Crippen molar-refractivity contribution in [3.05, 3.63) is 22.7 Å². The lowest BCUT2D eigenvalue weighted by atomic mass is 10.1. The van der Waals surface area contributed by atoms with E-state index in [0.717, 1.165) is 17.9 Å². The number of rotatable bonds is 3. The molecule has 1 aliphatic carbocycles. The van der Waals surface area contributed by atoms with E-state index < -0.39 is 0 Å². The van der Waals surface area contributed by atoms with Crippen LogP contribution in [-0.4, -0.2) is 12.8 Å². The van der Waals surface area contributed by atoms with E-state index in [1.807, 2.05) is 12.1 Å². The smallest absolute Gasteiger partial charge is 0.231 e. The van der Waals surface area contributed by atoms with E-state index in [0.29, 0.717) is 22.2 Å². The van der Waals surface area contributed by atoms with Crippen molar-refractivity contribution >= 4 is 11.6 Å². The first-order valence-corrected chi connectivity index (χ1v) is 6.25. The molecule has 1 saturated carbocycles. The van der Waals surface area contributed by atoms with Crippen molar-refractivity contribution in [1.82, 2.24) is 5.32 Å². The van der Waals surface area contributed by atoms with Crippen LogP contribution in [0.1, 0.15) is 25.8 Å². The molecule has 1 aliphatic heterocycles. The SMILES string of the molecule is CC1(C)CC1NCc1cc(Cl)c2c(c1)OCO2. The van der Waals surface area contributed by atoms with Crippen molar-refractivity contribution in [1.29, 1.82) is 0 Å². The maximum absolute atomic E-state index is 6.13. The Balaban J connectivity index is 1.70. The van der Waals surface area contributed by atoms with Crippen molar-refractivity contribution in [2.75, 3.05) is 6.79 Å². The van der Waals surface area contributed by atoms with E-state index in [9.17, 15) is 0 Å². The minimum atomic E-state index is 0.265. The van der Waals surface area contributed by atoms with E-state index in [2.05, 4.69) is 19.2 Å². The predicted molar refractivity (Wildman–Crippen MR) is 66.6 cm³/mol. The molecular formula is C13H16ClNO2. The minimum Gasteiger partial charge on any atom is -0.454 e. The fraction of sp³-hybridized carbons (Fsp3) is 0.538. The topological polar surface area (TPSA) is 30.5 Å². The maximum atomic E-state index is 6.13. The lowest BCUT2D eigenvalue weighted by Gasteiger charge is -2.08. The largest absolute Gasteiger partial charge is 0.454 e. The molecule has 1 aromatic rings. The molecule has 4 heteroatoms. The minimum absolute atomic E-state index is 0.265. The summed E-state index contributed by atoms with van der Waals surface area (Å²) in [5.74, 6) is 1.42. The van der Waals surface area contributed by atoms with Crippen molar-refractivity contribution in [3.63, 3.8) is 0 Å². The zero-order valence-electron chi connectivity index (χ0n) is 10.0. The van der Waals surface area contributed by atoms with E-state index in [4.69, 9.17) is 21.1 Å². The highest BCUT2D eigenvalue weighted by Crippen LogP contribution is 2.45. The third-order valence-electron chi connectivity index (χ3n) is 3.55. The van der Waals surface area contributed by atoms with E-state index in [1.54, 1.807) is 0 Å². The maximum Gasteiger partial charge on any atom is 0.231 e. The number of hydrogen-bond acceptors (Lipinski definition) is 3. The molecule has 92 valence electrons. The first kappa shape index (κ1) is 11.2. The fourth-order valence-corrected chi connectivity index (χ4v) is 2.47. The van der Waals surface area contributed by atoms with Crippen molar-refractivity contribution in [2.24, 2.45) is 5.41 Å². The van der Waals surface area contributed by atoms with E-state index >= 15 is 0 Å². The third kappa shape index (κ3) is 2.09. The number of nitrogens with one attached hydrogen (secondary N) is 1. The third-order valence-corrected chi connectivity index (χ3v) is 3.83. The predicted octanol–water partition coefficient (Wildman–Crippen LogP) is 2.96. The average molecular weight is 254 g/mol. The molecular weight excluding hydrogens is 238 g/mol. The number of fused-ring (bicyclic) bond motifs is 1. The number of hydrogen-bond donors (Lipinski definition) is 1. The molecule has 0 amide bonds. The molecule has 0 spiro atoms. The summed E-state index contributed by atoms with van der Waals surface area (Å²) in [4.78, 5) is 0. The van der Waals surface area contributed by atoms with Gasteiger partial charge in [0.05, 0.1) is 5.02 Å². The Labute approximate surface area is 106 Å². The van der Waals surface area contributed by atoms with Crippen LogP contribution in [-0.2, 0) is 6.54 Å². The van der Waals surface area contributed by atoms with Gasteiger partial charge >= 0.3 is 0 Å². The molecule has 1 unspecified atom stereocenters. The van der Waals surface area contributed by atoms with Gasteiger partial charge < -0.3 is 14.8 Å². The number of benzene rings is 1. The van der Waals surface area contributed by atoms with Crippen LogP contribution in [0, 0.1) is 5.41 Å². The van der Waals surface area contributed by atoms with Gasteiger partial charge in [0.15, 0.2) is 11.5 Å². The molecule has 2 aliphatic rings. The molecule has 3 rings (SSSR count). The van der Waals surface area contributed by atoms with Crippen LogP contribution >= 0.6 is 11.6 Å². The number of halogens is 1. The summed E-state index contributed by atoms with van der Waals surface area (Å²) in [5, 5.41) is 4.16. The lowest BCUT2D eigenvalue weighted by Crippen LogP contribution is -2.19. The highest BCUT2D eigenvalue weighted by Gasteiger charge is 2.45. The standard InChI is InChI=1S/C13H16ClNO2/c1-13(2)5-11(13)15-6-8-3-9(14)12-10(4-8)16-7-17-12/h3-4,11,15H,5-7H2,1-2H3. The summed E-state index contributed by atoms with van der Waals surface area (Å²) in [6, 6.07) is 4.56. The van der Waals surface area contributed by atoms with Crippen LogP contribution in [0.4, 0.5) is 0 Å². The van der Waals surface area contributed by atoms with Crippen LogP contribution in [0.2, 0.25) is 5.02 Å². The van der Waals surface area contributed by atoms with Gasteiger partial charge in [-0.2, -0.15) is 0 Å². The molecule has 1 atom stereocenters. The summed E-state index contributed by atoms with van der Waals surface area (Å²) in [6.07, 6.45) is 1.24. The second-order valence-corrected chi connectivity index (χ2v) is 5.84. The van der Waals surface area contributed by atoms with Crippen LogP contribution in [0.3, 0.4) is 0 Å². The van der Waals surface area contributed by atoms with Crippen molar-refractivity contribution in [2.45, 2.75) is 32.9 Å². The van der Waals surface area contributed by atoms with Gasteiger partial charge in [-0.05, 0) is 29.5 Å². The molecule has 0 radical (unpaired) electrons. The second-order valence-electron chi connectivity index (χ2n) is 5.44. The first-order valence-electron chi connectivity index (χ1n) is 5.88. The molecule has 17 heavy (non-hydrogen) atoms. The zero-order chi connectivity index (χ0) is 12.0. The van der Waals surface area contributed by atoms with Gasteiger partial charge in [0.25, 0.3) is 0 Å². The van der Waals surface area contributed by atoms with Crippen LogP contribution in [0.25, 0.3) is 0 Å². The summed E-state index contributed by atoms with van der Waals surface area (Å²) in [7, 11) is 0. The van der Waals surface area contributed by atoms with Gasteiger partial charge in [0, 0.05) is 12.6 Å². The highest BCUT2D eigenvalue weighted by atomic mass is 35.5. The zero-order valence-corrected chi connectivity index (χ0v) is 10.8. The lowest BCUT2D eigenvalue weighted by molar-refractivity contribution is 0.174. The quantitative estimate of drug-likeness (QED) is 0.899. The summed E-state index contributed by atoms with van der Waals surface area (Å²) < 4.78 is 10.6. The Morgan fingerprint density at radius 2 is 2.18 bits per heavy atom. The van der Waals surface area contributed by atoms with E-state index in [-0.39, 0.29) is 6.79 Å². The van der Waals surface area contributed by atoms with E-state index in [1.165, 1.54) is 6.42 Å². The van der Waals surface area contributed by atoms with Crippen LogP contribution in [0.15, 0.2) is 12.1 Å². The Kier molecular flexibility index (Phi) is 2.49. The molecule has 3 nitrogen and oxygen atoms in total. The Morgan fingerprint density at radius 1 is 1.41 bits per heavy atom. The highest BCUT2D eigenvalue weighted by molar-refractivity contribution is 6.32. The summed E-state index contributed by atoms with van der Waals surface area (Å²) in [5.41, 5.74) is 1.59. The van der Waals surface area contributed by atoms with Gasteiger partial charge in [0.2, 0.25) is 6.79 Å². The van der Waals surface area contributed by atoms with Gasteiger partial charge in [-0.1, -0.05) is 25.4 Å². The average Bonchev–Trinajstić information content (AvgIpc) is 2.70. The first-order chi connectivity index (χ1) is 8.06.